The highest BCUT2D eigenvalue weighted by Gasteiger charge is 2.09. The number of aliphatic imine (C=N–C) groups is 1. The van der Waals surface area contributed by atoms with Crippen LogP contribution in [-0.2, 0) is 13.0 Å². The highest BCUT2D eigenvalue weighted by Crippen LogP contribution is 2.27. The number of thiazole rings is 1. The molecule has 0 unspecified atom stereocenters. The number of benzene rings is 1. The van der Waals surface area contributed by atoms with Crippen molar-refractivity contribution in [2.75, 3.05) is 34.9 Å². The molecule has 25 heavy (non-hydrogen) atoms. The zero-order valence-corrected chi connectivity index (χ0v) is 16.3. The third-order valence-corrected chi connectivity index (χ3v) is 4.74. The molecule has 0 radical (unpaired) electrons. The lowest BCUT2D eigenvalue weighted by atomic mass is 10.1. The average molecular weight is 362 g/mol. The van der Waals surface area contributed by atoms with E-state index in [9.17, 15) is 0 Å². The molecule has 0 saturated carbocycles. The molecule has 0 spiro atoms. The lowest BCUT2D eigenvalue weighted by molar-refractivity contribution is 0.354. The first-order valence-electron chi connectivity index (χ1n) is 8.11. The fourth-order valence-corrected chi connectivity index (χ4v) is 3.19. The van der Waals surface area contributed by atoms with Crippen LogP contribution >= 0.6 is 11.3 Å². The quantitative estimate of drug-likeness (QED) is 0.606. The number of hydrogen-bond donors (Lipinski definition) is 1. The van der Waals surface area contributed by atoms with Gasteiger partial charge in [0.25, 0.3) is 0 Å². The third-order valence-electron chi connectivity index (χ3n) is 3.82. The van der Waals surface area contributed by atoms with E-state index in [1.165, 1.54) is 10.4 Å². The summed E-state index contributed by atoms with van der Waals surface area (Å²) in [6.45, 7) is 3.59. The number of aryl methyl sites for hydroxylation is 1. The molecule has 1 heterocycles. The molecule has 0 amide bonds. The first-order valence-corrected chi connectivity index (χ1v) is 8.93. The summed E-state index contributed by atoms with van der Waals surface area (Å²) in [5.41, 5.74) is 1.19. The fraction of sp³-hybridized carbons (Fsp3) is 0.444. The van der Waals surface area contributed by atoms with E-state index in [4.69, 9.17) is 9.47 Å². The van der Waals surface area contributed by atoms with Crippen molar-refractivity contribution in [1.29, 1.82) is 0 Å². The molecule has 0 aliphatic heterocycles. The molecule has 1 aromatic heterocycles. The third kappa shape index (κ3) is 5.35. The predicted octanol–water partition coefficient (Wildman–Crippen LogP) is 2.72. The van der Waals surface area contributed by atoms with Gasteiger partial charge in [0, 0.05) is 31.7 Å². The maximum absolute atomic E-state index is 5.36. The van der Waals surface area contributed by atoms with Gasteiger partial charge in [-0.05, 0) is 31.0 Å². The molecule has 1 N–H and O–H groups in total. The summed E-state index contributed by atoms with van der Waals surface area (Å²) in [4.78, 5) is 12.0. The van der Waals surface area contributed by atoms with E-state index >= 15 is 0 Å². The lowest BCUT2D eigenvalue weighted by Crippen LogP contribution is -2.39. The van der Waals surface area contributed by atoms with Gasteiger partial charge in [-0.1, -0.05) is 6.07 Å². The normalized spacial score (nSPS) is 11.3. The van der Waals surface area contributed by atoms with Gasteiger partial charge in [-0.25, -0.2) is 4.98 Å². The molecule has 2 aromatic rings. The Morgan fingerprint density at radius 1 is 1.28 bits per heavy atom. The Labute approximate surface area is 153 Å². The van der Waals surface area contributed by atoms with Crippen LogP contribution in [0.1, 0.15) is 15.4 Å². The highest BCUT2D eigenvalue weighted by molar-refractivity contribution is 7.11. The molecule has 0 saturated heterocycles. The number of rotatable bonds is 7. The van der Waals surface area contributed by atoms with Crippen molar-refractivity contribution in [1.82, 2.24) is 15.2 Å². The van der Waals surface area contributed by atoms with Gasteiger partial charge in [-0.2, -0.15) is 0 Å². The van der Waals surface area contributed by atoms with E-state index < -0.39 is 0 Å². The van der Waals surface area contributed by atoms with Gasteiger partial charge in [0.2, 0.25) is 0 Å². The first-order chi connectivity index (χ1) is 12.1. The van der Waals surface area contributed by atoms with Crippen molar-refractivity contribution < 1.29 is 9.47 Å². The van der Waals surface area contributed by atoms with E-state index in [1.807, 2.05) is 25.4 Å². The SMILES string of the molecule is CN=C(NCc1ncc(C)s1)N(C)CCc1ccc(OC)c(OC)c1. The summed E-state index contributed by atoms with van der Waals surface area (Å²) in [5, 5.41) is 4.42. The number of nitrogens with one attached hydrogen (secondary N) is 1. The Kier molecular flexibility index (Phi) is 7.06. The number of aromatic nitrogens is 1. The second-order valence-electron chi connectivity index (χ2n) is 5.63. The Morgan fingerprint density at radius 2 is 2.04 bits per heavy atom. The molecule has 136 valence electrons. The second-order valence-corrected chi connectivity index (χ2v) is 6.95. The van der Waals surface area contributed by atoms with Crippen molar-refractivity contribution in [2.24, 2.45) is 4.99 Å². The minimum Gasteiger partial charge on any atom is -0.493 e. The minimum atomic E-state index is 0.686. The number of likely N-dealkylation sites (N-methyl/N-ethyl adjacent to an activating group) is 1. The second kappa shape index (κ2) is 9.27. The van der Waals surface area contributed by atoms with Crippen molar-refractivity contribution in [3.63, 3.8) is 0 Å². The number of guanidine groups is 1. The van der Waals surface area contributed by atoms with Crippen LogP contribution in [0, 0.1) is 6.92 Å². The van der Waals surface area contributed by atoms with E-state index in [2.05, 4.69) is 33.2 Å². The fourth-order valence-electron chi connectivity index (χ4n) is 2.46. The van der Waals surface area contributed by atoms with Gasteiger partial charge in [0.05, 0.1) is 20.8 Å². The van der Waals surface area contributed by atoms with Crippen LogP contribution in [-0.4, -0.2) is 50.7 Å². The van der Waals surface area contributed by atoms with Crippen LogP contribution in [0.3, 0.4) is 0 Å². The minimum absolute atomic E-state index is 0.686. The molecular weight excluding hydrogens is 336 g/mol. The van der Waals surface area contributed by atoms with E-state index in [-0.39, 0.29) is 0 Å². The topological polar surface area (TPSA) is 59.0 Å². The molecule has 0 bridgehead atoms. The zero-order chi connectivity index (χ0) is 18.2. The number of hydrogen-bond acceptors (Lipinski definition) is 5. The van der Waals surface area contributed by atoms with E-state index in [0.29, 0.717) is 6.54 Å². The summed E-state index contributed by atoms with van der Waals surface area (Å²) in [5.74, 6) is 2.36. The summed E-state index contributed by atoms with van der Waals surface area (Å²) < 4.78 is 10.6. The van der Waals surface area contributed by atoms with Crippen LogP contribution in [0.2, 0.25) is 0 Å². The van der Waals surface area contributed by atoms with Crippen molar-refractivity contribution in [3.05, 3.63) is 39.8 Å². The standard InChI is InChI=1S/C18H26N4O2S/c1-13-11-20-17(25-13)12-21-18(19-2)22(3)9-8-14-6-7-15(23-4)16(10-14)24-5/h6-7,10-11H,8-9,12H2,1-5H3,(H,19,21). The van der Waals surface area contributed by atoms with Crippen LogP contribution in [0.5, 0.6) is 11.5 Å². The maximum Gasteiger partial charge on any atom is 0.193 e. The molecule has 6 nitrogen and oxygen atoms in total. The predicted molar refractivity (Wildman–Crippen MR) is 103 cm³/mol. The Hall–Kier alpha value is -2.28. The van der Waals surface area contributed by atoms with Gasteiger partial charge >= 0.3 is 0 Å². The van der Waals surface area contributed by atoms with Gasteiger partial charge < -0.3 is 19.7 Å². The van der Waals surface area contributed by atoms with Crippen LogP contribution < -0.4 is 14.8 Å². The monoisotopic (exact) mass is 362 g/mol. The Balaban J connectivity index is 1.90. The molecule has 0 aliphatic carbocycles. The van der Waals surface area contributed by atoms with E-state index in [0.717, 1.165) is 35.4 Å². The van der Waals surface area contributed by atoms with Gasteiger partial charge in [0.1, 0.15) is 5.01 Å². The summed E-state index contributed by atoms with van der Waals surface area (Å²) in [6, 6.07) is 6.01. The molecule has 0 atom stereocenters. The van der Waals surface area contributed by atoms with Crippen LogP contribution in [0.4, 0.5) is 0 Å². The summed E-state index contributed by atoms with van der Waals surface area (Å²) >= 11 is 1.70. The number of methoxy groups -OCH3 is 2. The van der Waals surface area contributed by atoms with Crippen molar-refractivity contribution >= 4 is 17.3 Å². The van der Waals surface area contributed by atoms with Gasteiger partial charge in [-0.3, -0.25) is 4.99 Å². The van der Waals surface area contributed by atoms with Crippen LogP contribution in [0.15, 0.2) is 29.4 Å². The molecule has 0 aliphatic rings. The first kappa shape index (κ1) is 19.1. The molecule has 2 rings (SSSR count). The van der Waals surface area contributed by atoms with Crippen molar-refractivity contribution in [2.45, 2.75) is 19.9 Å². The van der Waals surface area contributed by atoms with Gasteiger partial charge in [0.15, 0.2) is 17.5 Å². The average Bonchev–Trinajstić information content (AvgIpc) is 3.05. The van der Waals surface area contributed by atoms with Crippen LogP contribution in [0.25, 0.3) is 0 Å². The Bertz CT molecular complexity index is 715. The van der Waals surface area contributed by atoms with Gasteiger partial charge in [-0.15, -0.1) is 11.3 Å². The number of ether oxygens (including phenoxy) is 2. The molecule has 1 aromatic carbocycles. The number of nitrogens with zero attached hydrogens (tertiary/aromatic N) is 3. The smallest absolute Gasteiger partial charge is 0.193 e. The molecule has 0 fully saturated rings. The largest absolute Gasteiger partial charge is 0.493 e. The summed E-state index contributed by atoms with van der Waals surface area (Å²) in [6.07, 6.45) is 2.78. The van der Waals surface area contributed by atoms with E-state index in [1.54, 1.807) is 32.6 Å². The molecular formula is C18H26N4O2S. The highest BCUT2D eigenvalue weighted by atomic mass is 32.1. The maximum atomic E-state index is 5.36. The van der Waals surface area contributed by atoms with Crippen molar-refractivity contribution in [3.8, 4) is 11.5 Å². The summed E-state index contributed by atoms with van der Waals surface area (Å²) in [7, 11) is 7.12. The lowest BCUT2D eigenvalue weighted by Gasteiger charge is -2.22. The zero-order valence-electron chi connectivity index (χ0n) is 15.5. The Morgan fingerprint density at radius 3 is 2.64 bits per heavy atom. The molecule has 7 heteroatoms.